The summed E-state index contributed by atoms with van der Waals surface area (Å²) in [5.74, 6) is 0.748. The monoisotopic (exact) mass is 396 g/mol. The first kappa shape index (κ1) is 19.4. The van der Waals surface area contributed by atoms with Gasteiger partial charge in [-0.2, -0.15) is 10.2 Å². The van der Waals surface area contributed by atoms with Gasteiger partial charge in [-0.15, -0.1) is 0 Å². The van der Waals surface area contributed by atoms with Crippen molar-refractivity contribution in [1.82, 2.24) is 30.3 Å². The molecule has 2 N–H and O–H groups in total. The van der Waals surface area contributed by atoms with Crippen LogP contribution in [0.1, 0.15) is 45.5 Å². The Balaban J connectivity index is 1.81. The Morgan fingerprint density at radius 1 is 1.34 bits per heavy atom. The minimum Gasteiger partial charge on any atom is -0.474 e. The van der Waals surface area contributed by atoms with E-state index in [9.17, 15) is 4.79 Å². The maximum Gasteiger partial charge on any atom is 0.225 e. The highest BCUT2D eigenvalue weighted by Crippen LogP contribution is 2.36. The molecule has 2 atom stereocenters. The molecule has 1 aliphatic heterocycles. The highest BCUT2D eigenvalue weighted by molar-refractivity contribution is 5.89. The lowest BCUT2D eigenvalue weighted by Crippen LogP contribution is -2.26. The highest BCUT2D eigenvalue weighted by atomic mass is 16.5. The zero-order valence-corrected chi connectivity index (χ0v) is 17.8. The van der Waals surface area contributed by atoms with Crippen molar-refractivity contribution in [1.29, 1.82) is 0 Å². The van der Waals surface area contributed by atoms with Crippen molar-refractivity contribution < 1.29 is 9.53 Å². The van der Waals surface area contributed by atoms with Crippen molar-refractivity contribution in [3.8, 4) is 17.1 Å². The van der Waals surface area contributed by atoms with Gasteiger partial charge in [0.25, 0.3) is 0 Å². The predicted octanol–water partition coefficient (Wildman–Crippen LogP) is 2.87. The fourth-order valence-electron chi connectivity index (χ4n) is 3.84. The van der Waals surface area contributed by atoms with Crippen molar-refractivity contribution in [3.05, 3.63) is 23.7 Å². The Morgan fingerprint density at radius 2 is 2.10 bits per heavy atom. The van der Waals surface area contributed by atoms with Gasteiger partial charge < -0.3 is 10.1 Å². The van der Waals surface area contributed by atoms with Crippen LogP contribution in [0.5, 0.6) is 5.88 Å². The molecule has 1 saturated heterocycles. The normalized spacial score (nSPS) is 18.3. The Kier molecular flexibility index (Phi) is 4.59. The van der Waals surface area contributed by atoms with Gasteiger partial charge in [0.05, 0.1) is 16.8 Å². The van der Waals surface area contributed by atoms with Gasteiger partial charge in [0.1, 0.15) is 11.6 Å². The first-order valence-electron chi connectivity index (χ1n) is 9.97. The quantitative estimate of drug-likeness (QED) is 0.707. The van der Waals surface area contributed by atoms with Crippen LogP contribution < -0.4 is 10.1 Å². The van der Waals surface area contributed by atoms with E-state index in [0.29, 0.717) is 18.8 Å². The number of aromatic amines is 1. The third-order valence-corrected chi connectivity index (χ3v) is 5.67. The minimum atomic E-state index is -0.147. The number of H-pyrrole nitrogens is 1. The predicted molar refractivity (Wildman–Crippen MR) is 111 cm³/mol. The number of ether oxygens (including phenoxy) is 1. The lowest BCUT2D eigenvalue weighted by molar-refractivity contribution is -0.119. The number of nitrogens with zero attached hydrogens (tertiary/aromatic N) is 4. The van der Waals surface area contributed by atoms with E-state index in [1.165, 1.54) is 0 Å². The number of hydrogen-bond donors (Lipinski definition) is 2. The SMILES string of the molecule is Cc1c2c(O[C@H](C)[C@H]3CNC(=O)C3)nc(-c3c[nH]nc3C(C)(C)C)cc2nn1C. The molecule has 0 aliphatic carbocycles. The van der Waals surface area contributed by atoms with Gasteiger partial charge in [-0.25, -0.2) is 4.98 Å². The van der Waals surface area contributed by atoms with Crippen LogP contribution in [-0.4, -0.2) is 43.5 Å². The second-order valence-electron chi connectivity index (χ2n) is 8.90. The summed E-state index contributed by atoms with van der Waals surface area (Å²) in [6.45, 7) is 11.0. The number of carbonyl (C=O) groups is 1. The molecule has 0 radical (unpaired) electrons. The number of rotatable bonds is 4. The maximum atomic E-state index is 11.6. The minimum absolute atomic E-state index is 0.0723. The van der Waals surface area contributed by atoms with Crippen molar-refractivity contribution in [2.75, 3.05) is 6.54 Å². The molecular weight excluding hydrogens is 368 g/mol. The number of aromatic nitrogens is 5. The second-order valence-corrected chi connectivity index (χ2v) is 8.90. The van der Waals surface area contributed by atoms with E-state index in [1.807, 2.05) is 37.8 Å². The fourth-order valence-corrected chi connectivity index (χ4v) is 3.84. The smallest absolute Gasteiger partial charge is 0.225 e. The fraction of sp³-hybridized carbons (Fsp3) is 0.524. The first-order valence-corrected chi connectivity index (χ1v) is 9.97. The van der Waals surface area contributed by atoms with Crippen molar-refractivity contribution >= 4 is 16.8 Å². The number of carbonyl (C=O) groups excluding carboxylic acids is 1. The van der Waals surface area contributed by atoms with Crippen molar-refractivity contribution in [2.24, 2.45) is 13.0 Å². The van der Waals surface area contributed by atoms with Gasteiger partial charge in [0.2, 0.25) is 11.8 Å². The molecule has 1 fully saturated rings. The molecule has 0 saturated carbocycles. The zero-order valence-electron chi connectivity index (χ0n) is 17.8. The maximum absolute atomic E-state index is 11.6. The highest BCUT2D eigenvalue weighted by Gasteiger charge is 2.30. The second kappa shape index (κ2) is 6.86. The van der Waals surface area contributed by atoms with Crippen LogP contribution in [0.4, 0.5) is 0 Å². The van der Waals surface area contributed by atoms with E-state index in [2.05, 4.69) is 41.4 Å². The molecule has 0 bridgehead atoms. The Morgan fingerprint density at radius 3 is 2.76 bits per heavy atom. The molecule has 3 aromatic heterocycles. The van der Waals surface area contributed by atoms with Crippen LogP contribution in [0, 0.1) is 12.8 Å². The summed E-state index contributed by atoms with van der Waals surface area (Å²) >= 11 is 0. The molecule has 8 heteroatoms. The van der Waals surface area contributed by atoms with E-state index < -0.39 is 0 Å². The standard InChI is InChI=1S/C21H28N6O2/c1-11-18-16(26-27(11)6)8-15(14-10-23-25-19(14)21(3,4)5)24-20(18)29-12(2)13-7-17(28)22-9-13/h8,10,12-13H,7,9H2,1-6H3,(H,22,28)(H,23,25)/t12-,13-/m1/s1. The van der Waals surface area contributed by atoms with Gasteiger partial charge in [-0.3, -0.25) is 14.6 Å². The molecule has 3 aromatic rings. The number of amides is 1. The van der Waals surface area contributed by atoms with Crippen molar-refractivity contribution in [2.45, 2.75) is 52.6 Å². The summed E-state index contributed by atoms with van der Waals surface area (Å²) in [6.07, 6.45) is 2.20. The van der Waals surface area contributed by atoms with Crippen molar-refractivity contribution in [3.63, 3.8) is 0 Å². The average molecular weight is 396 g/mol. The molecule has 0 aromatic carbocycles. The lowest BCUT2D eigenvalue weighted by atomic mass is 9.88. The van der Waals surface area contributed by atoms with E-state index in [4.69, 9.17) is 9.72 Å². The number of fused-ring (bicyclic) bond motifs is 1. The summed E-state index contributed by atoms with van der Waals surface area (Å²) in [7, 11) is 1.92. The summed E-state index contributed by atoms with van der Waals surface area (Å²) in [5.41, 5.74) is 4.36. The molecule has 29 heavy (non-hydrogen) atoms. The lowest BCUT2D eigenvalue weighted by Gasteiger charge is -2.20. The summed E-state index contributed by atoms with van der Waals surface area (Å²) in [4.78, 5) is 16.5. The molecule has 154 valence electrons. The van der Waals surface area contributed by atoms with E-state index in [1.54, 1.807) is 0 Å². The molecular formula is C21H28N6O2. The third kappa shape index (κ3) is 3.47. The van der Waals surface area contributed by atoms with Crippen LogP contribution in [0.3, 0.4) is 0 Å². The van der Waals surface area contributed by atoms with Crippen LogP contribution >= 0.6 is 0 Å². The van der Waals surface area contributed by atoms with E-state index >= 15 is 0 Å². The van der Waals surface area contributed by atoms with Crippen LogP contribution in [0.15, 0.2) is 12.3 Å². The number of nitrogens with one attached hydrogen (secondary N) is 2. The summed E-state index contributed by atoms with van der Waals surface area (Å²) in [6, 6.07) is 1.99. The molecule has 1 amide bonds. The summed E-state index contributed by atoms with van der Waals surface area (Å²) < 4.78 is 8.17. The number of aryl methyl sites for hydroxylation is 2. The Labute approximate surface area is 170 Å². The number of hydrogen-bond acceptors (Lipinski definition) is 5. The summed E-state index contributed by atoms with van der Waals surface area (Å²) in [5, 5.41) is 15.9. The number of pyridine rings is 1. The van der Waals surface area contributed by atoms with E-state index in [0.717, 1.165) is 33.5 Å². The van der Waals surface area contributed by atoms with Gasteiger partial charge in [0.15, 0.2) is 0 Å². The Bertz CT molecular complexity index is 1070. The van der Waals surface area contributed by atoms with Crippen LogP contribution in [0.25, 0.3) is 22.2 Å². The van der Waals surface area contributed by atoms with Gasteiger partial charge in [0, 0.05) is 48.8 Å². The molecule has 4 rings (SSSR count). The first-order chi connectivity index (χ1) is 13.6. The van der Waals surface area contributed by atoms with Gasteiger partial charge >= 0.3 is 0 Å². The molecule has 0 unspecified atom stereocenters. The molecule has 1 aliphatic rings. The molecule has 8 nitrogen and oxygen atoms in total. The Hall–Kier alpha value is -2.90. The largest absolute Gasteiger partial charge is 0.474 e. The topological polar surface area (TPSA) is 97.7 Å². The average Bonchev–Trinajstić information content (AvgIpc) is 3.34. The van der Waals surface area contributed by atoms with Gasteiger partial charge in [-0.1, -0.05) is 20.8 Å². The molecule has 0 spiro atoms. The van der Waals surface area contributed by atoms with Gasteiger partial charge in [-0.05, 0) is 19.9 Å². The van der Waals surface area contributed by atoms with Crippen LogP contribution in [-0.2, 0) is 17.3 Å². The van der Waals surface area contributed by atoms with E-state index in [-0.39, 0.29) is 23.3 Å². The zero-order chi connectivity index (χ0) is 20.9. The van der Waals surface area contributed by atoms with Crippen LogP contribution in [0.2, 0.25) is 0 Å². The third-order valence-electron chi connectivity index (χ3n) is 5.67. The molecule has 4 heterocycles.